The van der Waals surface area contributed by atoms with Crippen LogP contribution in [-0.2, 0) is 0 Å². The number of carboxylic acid groups (broad SMARTS) is 1. The molecular weight excluding hydrogens is 434 g/mol. The molecular formula is C23H20F2N4O4. The van der Waals surface area contributed by atoms with Crippen LogP contribution in [0.25, 0.3) is 16.7 Å². The van der Waals surface area contributed by atoms with Gasteiger partial charge in [0, 0.05) is 25.2 Å². The summed E-state index contributed by atoms with van der Waals surface area (Å²) in [5, 5.41) is 9.03. The maximum Gasteiger partial charge on any atom is 0.511 e. The lowest BCUT2D eigenvalue weighted by Crippen LogP contribution is -2.35. The van der Waals surface area contributed by atoms with Crippen molar-refractivity contribution in [3.8, 4) is 11.4 Å². The van der Waals surface area contributed by atoms with Crippen LogP contribution < -0.4 is 20.8 Å². The van der Waals surface area contributed by atoms with Crippen molar-refractivity contribution in [2.24, 2.45) is 17.6 Å². The van der Waals surface area contributed by atoms with Crippen LogP contribution in [0.3, 0.4) is 0 Å². The van der Waals surface area contributed by atoms with Crippen LogP contribution in [0, 0.1) is 23.5 Å². The molecule has 1 saturated heterocycles. The second kappa shape index (κ2) is 7.96. The van der Waals surface area contributed by atoms with E-state index in [1.54, 1.807) is 6.07 Å². The molecule has 3 aromatic rings. The van der Waals surface area contributed by atoms with Crippen LogP contribution in [0.1, 0.15) is 6.42 Å². The molecule has 8 nitrogen and oxygen atoms in total. The lowest BCUT2D eigenvalue weighted by Gasteiger charge is -2.25. The number of hydrogen-bond donors (Lipinski definition) is 2. The van der Waals surface area contributed by atoms with Crippen molar-refractivity contribution < 1.29 is 23.4 Å². The summed E-state index contributed by atoms with van der Waals surface area (Å²) in [5.74, 6) is -0.968. The lowest BCUT2D eigenvalue weighted by atomic mass is 9.83. The number of carbonyl (C=O) groups is 1. The average Bonchev–Trinajstić information content (AvgIpc) is 3.21. The molecule has 5 rings (SSSR count). The third kappa shape index (κ3) is 3.72. The third-order valence-electron chi connectivity index (χ3n) is 6.28. The molecule has 0 bridgehead atoms. The van der Waals surface area contributed by atoms with Crippen molar-refractivity contribution in [2.75, 3.05) is 18.0 Å². The minimum Gasteiger partial charge on any atom is -0.449 e. The van der Waals surface area contributed by atoms with Crippen LogP contribution in [-0.4, -0.2) is 39.9 Å². The van der Waals surface area contributed by atoms with Gasteiger partial charge >= 0.3 is 6.16 Å². The predicted octanol–water partition coefficient (Wildman–Crippen LogP) is 3.06. The number of hydrogen-bond acceptors (Lipinski definition) is 6. The maximum absolute atomic E-state index is 14.6. The van der Waals surface area contributed by atoms with Gasteiger partial charge in [0.15, 0.2) is 11.4 Å². The second-order valence-electron chi connectivity index (χ2n) is 8.27. The van der Waals surface area contributed by atoms with E-state index >= 15 is 0 Å². The maximum atomic E-state index is 14.6. The Hall–Kier alpha value is -3.79. The molecule has 0 saturated carbocycles. The Morgan fingerprint density at radius 1 is 1.21 bits per heavy atom. The fraction of sp³-hybridized carbons (Fsp3) is 0.261. The average molecular weight is 454 g/mol. The Morgan fingerprint density at radius 2 is 2.03 bits per heavy atom. The molecule has 0 radical (unpaired) electrons. The van der Waals surface area contributed by atoms with Gasteiger partial charge in [0.25, 0.3) is 0 Å². The number of anilines is 1. The van der Waals surface area contributed by atoms with E-state index in [9.17, 15) is 18.4 Å². The third-order valence-corrected chi connectivity index (χ3v) is 6.28. The first kappa shape index (κ1) is 21.1. The second-order valence-corrected chi connectivity index (χ2v) is 8.27. The summed E-state index contributed by atoms with van der Waals surface area (Å²) in [6.45, 7) is 1.42. The quantitative estimate of drug-likeness (QED) is 0.462. The van der Waals surface area contributed by atoms with Gasteiger partial charge in [-0.2, -0.15) is 0 Å². The summed E-state index contributed by atoms with van der Waals surface area (Å²) < 4.78 is 34.0. The number of aromatic nitrogens is 2. The topological polar surface area (TPSA) is 111 Å². The van der Waals surface area contributed by atoms with Crippen LogP contribution in [0.5, 0.6) is 5.75 Å². The van der Waals surface area contributed by atoms with E-state index in [0.717, 1.165) is 25.2 Å². The molecule has 3 heterocycles. The zero-order valence-electron chi connectivity index (χ0n) is 17.3. The molecule has 3 unspecified atom stereocenters. The van der Waals surface area contributed by atoms with Crippen LogP contribution in [0.2, 0.25) is 0 Å². The number of allylic oxidation sites excluding steroid dienone is 1. The van der Waals surface area contributed by atoms with Crippen molar-refractivity contribution in [2.45, 2.75) is 12.5 Å². The van der Waals surface area contributed by atoms with E-state index in [2.05, 4.69) is 20.7 Å². The molecule has 1 aliphatic carbocycles. The van der Waals surface area contributed by atoms with E-state index in [1.165, 1.54) is 16.7 Å². The highest BCUT2D eigenvalue weighted by molar-refractivity contribution is 5.81. The van der Waals surface area contributed by atoms with Gasteiger partial charge in [-0.3, -0.25) is 9.36 Å². The van der Waals surface area contributed by atoms with E-state index in [-0.39, 0.29) is 28.7 Å². The highest BCUT2D eigenvalue weighted by Gasteiger charge is 2.37. The first-order valence-corrected chi connectivity index (χ1v) is 10.4. The summed E-state index contributed by atoms with van der Waals surface area (Å²) in [6.07, 6.45) is 4.38. The highest BCUT2D eigenvalue weighted by atomic mass is 19.1. The Balaban J connectivity index is 1.66. The number of nitrogens with two attached hydrogens (primary N) is 1. The molecule has 2 aliphatic rings. The largest absolute Gasteiger partial charge is 0.511 e. The van der Waals surface area contributed by atoms with Gasteiger partial charge in [0.1, 0.15) is 17.5 Å². The monoisotopic (exact) mass is 454 g/mol. The molecule has 33 heavy (non-hydrogen) atoms. The van der Waals surface area contributed by atoms with Crippen LogP contribution in [0.15, 0.2) is 53.5 Å². The minimum absolute atomic E-state index is 0.0382. The van der Waals surface area contributed by atoms with Crippen LogP contribution in [0.4, 0.5) is 19.4 Å². The molecule has 170 valence electrons. The molecule has 1 aromatic carbocycles. The molecule has 0 amide bonds. The fourth-order valence-corrected chi connectivity index (χ4v) is 4.69. The molecule has 1 fully saturated rings. The van der Waals surface area contributed by atoms with Gasteiger partial charge in [-0.1, -0.05) is 12.2 Å². The van der Waals surface area contributed by atoms with Crippen molar-refractivity contribution in [3.63, 3.8) is 0 Å². The summed E-state index contributed by atoms with van der Waals surface area (Å²) >= 11 is 0. The number of halogens is 2. The Morgan fingerprint density at radius 3 is 2.76 bits per heavy atom. The molecule has 3 N–H and O–H groups in total. The van der Waals surface area contributed by atoms with E-state index in [4.69, 9.17) is 10.8 Å². The van der Waals surface area contributed by atoms with Crippen molar-refractivity contribution >= 4 is 23.0 Å². The number of pyridine rings is 2. The summed E-state index contributed by atoms with van der Waals surface area (Å²) in [6, 6.07) is 6.06. The number of fused-ring (bicyclic) bond motifs is 2. The number of benzene rings is 1. The standard InChI is InChI=1S/C23H20F2N4O4/c24-13-4-6-18(16(25)8-13)29-11-19(33-23(31)32)21(30)14-5-7-20(27-22(14)29)28-9-12-2-1-3-17(26)15(12)10-28/h1,3-8,11-12,15,17H,2,9-10,26H2,(H,31,32). The molecule has 1 aliphatic heterocycles. The van der Waals surface area contributed by atoms with Gasteiger partial charge in [-0.05, 0) is 42.5 Å². The Kier molecular flexibility index (Phi) is 5.09. The Bertz CT molecular complexity index is 1360. The van der Waals surface area contributed by atoms with Crippen molar-refractivity contribution in [3.05, 3.63) is 70.5 Å². The zero-order valence-corrected chi connectivity index (χ0v) is 17.3. The first-order valence-electron chi connectivity index (χ1n) is 10.4. The molecule has 2 aromatic heterocycles. The van der Waals surface area contributed by atoms with E-state index in [0.29, 0.717) is 24.3 Å². The fourth-order valence-electron chi connectivity index (χ4n) is 4.69. The number of nitrogens with zero attached hydrogens (tertiary/aromatic N) is 3. The van der Waals surface area contributed by atoms with Crippen LogP contribution >= 0.6 is 0 Å². The van der Waals surface area contributed by atoms with Gasteiger partial charge in [-0.25, -0.2) is 18.6 Å². The highest BCUT2D eigenvalue weighted by Crippen LogP contribution is 2.35. The minimum atomic E-state index is -1.69. The molecule has 3 atom stereocenters. The van der Waals surface area contributed by atoms with Gasteiger partial charge in [0.05, 0.1) is 17.3 Å². The first-order chi connectivity index (χ1) is 15.8. The zero-order chi connectivity index (χ0) is 23.3. The molecule has 0 spiro atoms. The lowest BCUT2D eigenvalue weighted by molar-refractivity contribution is 0.144. The summed E-state index contributed by atoms with van der Waals surface area (Å²) in [4.78, 5) is 30.6. The summed E-state index contributed by atoms with van der Waals surface area (Å²) in [7, 11) is 0. The van der Waals surface area contributed by atoms with Gasteiger partial charge in [-0.15, -0.1) is 0 Å². The van der Waals surface area contributed by atoms with E-state index in [1.807, 2.05) is 6.08 Å². The van der Waals surface area contributed by atoms with Gasteiger partial charge in [0.2, 0.25) is 5.43 Å². The van der Waals surface area contributed by atoms with E-state index < -0.39 is 29.0 Å². The number of rotatable bonds is 3. The van der Waals surface area contributed by atoms with Crippen molar-refractivity contribution in [1.29, 1.82) is 0 Å². The number of ether oxygens (including phenoxy) is 1. The normalized spacial score (nSPS) is 21.9. The molecule has 10 heteroatoms. The van der Waals surface area contributed by atoms with Gasteiger partial charge < -0.3 is 20.5 Å². The predicted molar refractivity (Wildman–Crippen MR) is 117 cm³/mol. The summed E-state index contributed by atoms with van der Waals surface area (Å²) in [5.41, 5.74) is 5.53. The van der Waals surface area contributed by atoms with Crippen molar-refractivity contribution in [1.82, 2.24) is 9.55 Å². The Labute approximate surface area is 186 Å². The smallest absolute Gasteiger partial charge is 0.449 e. The SMILES string of the molecule is NC1C=CCC2CN(c3ccc4c(=O)c(OC(=O)O)cn(-c5ccc(F)cc5F)c4n3)CC12.